The number of nitrogens with zero attached hydrogens (tertiary/aromatic N) is 1. The van der Waals surface area contributed by atoms with Crippen LogP contribution in [0.25, 0.3) is 0 Å². The Hall–Kier alpha value is -1.58. The Balaban J connectivity index is 2.65. The van der Waals surface area contributed by atoms with Gasteiger partial charge >= 0.3 is 0 Å². The molecule has 0 radical (unpaired) electrons. The lowest BCUT2D eigenvalue weighted by molar-refractivity contribution is 0.612. The monoisotopic (exact) mass is 265 g/mol. The van der Waals surface area contributed by atoms with Crippen molar-refractivity contribution < 1.29 is 4.39 Å². The average molecular weight is 265 g/mol. The molecule has 0 atom stereocenters. The largest absolute Gasteiger partial charge is 0.357 e. The summed E-state index contributed by atoms with van der Waals surface area (Å²) in [5.74, 6) is 1.16. The van der Waals surface area contributed by atoms with Crippen LogP contribution in [0.1, 0.15) is 31.9 Å². The van der Waals surface area contributed by atoms with E-state index in [1.807, 2.05) is 13.0 Å². The van der Waals surface area contributed by atoms with Crippen molar-refractivity contribution in [3.8, 4) is 0 Å². The summed E-state index contributed by atoms with van der Waals surface area (Å²) in [7, 11) is 0. The topological polar surface area (TPSA) is 36.4 Å². The van der Waals surface area contributed by atoms with Gasteiger partial charge in [-0.3, -0.25) is 0 Å². The summed E-state index contributed by atoms with van der Waals surface area (Å²) in [6, 6.07) is 5.24. The Morgan fingerprint density at radius 1 is 1.32 bits per heavy atom. The fourth-order valence-electron chi connectivity index (χ4n) is 1.55. The fraction of sp³-hybridized carbons (Fsp3) is 0.533. The molecule has 0 bridgehead atoms. The molecule has 0 unspecified atom stereocenters. The molecule has 1 aromatic rings. The van der Waals surface area contributed by atoms with Gasteiger partial charge in [0.15, 0.2) is 5.96 Å². The van der Waals surface area contributed by atoms with Crippen molar-refractivity contribution in [2.45, 2.75) is 34.2 Å². The van der Waals surface area contributed by atoms with E-state index in [9.17, 15) is 4.39 Å². The highest BCUT2D eigenvalue weighted by Crippen LogP contribution is 2.09. The van der Waals surface area contributed by atoms with Crippen LogP contribution in [0.4, 0.5) is 4.39 Å². The van der Waals surface area contributed by atoms with Crippen LogP contribution in [-0.4, -0.2) is 19.0 Å². The summed E-state index contributed by atoms with van der Waals surface area (Å²) in [5, 5.41) is 6.44. The molecule has 1 aromatic carbocycles. The second-order valence-corrected chi connectivity index (χ2v) is 5.05. The number of aliphatic imine (C=N–C) groups is 1. The summed E-state index contributed by atoms with van der Waals surface area (Å²) < 4.78 is 13.4. The maximum atomic E-state index is 13.4. The number of nitrogens with one attached hydrogen (secondary N) is 2. The smallest absolute Gasteiger partial charge is 0.191 e. The summed E-state index contributed by atoms with van der Waals surface area (Å²) in [4.78, 5) is 4.45. The van der Waals surface area contributed by atoms with Crippen molar-refractivity contribution in [2.75, 3.05) is 13.1 Å². The Morgan fingerprint density at radius 2 is 2.05 bits per heavy atom. The molecular formula is C15H24FN3. The highest BCUT2D eigenvalue weighted by Gasteiger charge is 2.01. The number of guanidine groups is 1. The number of hydrogen-bond donors (Lipinski definition) is 2. The summed E-state index contributed by atoms with van der Waals surface area (Å²) >= 11 is 0. The molecule has 0 aliphatic carbocycles. The van der Waals surface area contributed by atoms with E-state index < -0.39 is 0 Å². The Bertz CT molecular complexity index is 427. The van der Waals surface area contributed by atoms with Crippen LogP contribution in [0.3, 0.4) is 0 Å². The number of aryl methyl sites for hydroxylation is 1. The summed E-state index contributed by atoms with van der Waals surface area (Å²) in [5.41, 5.74) is 1.54. The normalized spacial score (nSPS) is 11.8. The third-order valence-electron chi connectivity index (χ3n) is 2.68. The minimum absolute atomic E-state index is 0.173. The predicted octanol–water partition coefficient (Wildman–Crippen LogP) is 2.85. The van der Waals surface area contributed by atoms with Crippen molar-refractivity contribution in [3.05, 3.63) is 35.1 Å². The fourth-order valence-corrected chi connectivity index (χ4v) is 1.55. The van der Waals surface area contributed by atoms with Crippen LogP contribution in [0.2, 0.25) is 0 Å². The molecule has 106 valence electrons. The van der Waals surface area contributed by atoms with Crippen LogP contribution in [0, 0.1) is 18.7 Å². The van der Waals surface area contributed by atoms with Crippen molar-refractivity contribution in [3.63, 3.8) is 0 Å². The third-order valence-corrected chi connectivity index (χ3v) is 2.68. The molecule has 0 heterocycles. The minimum Gasteiger partial charge on any atom is -0.357 e. The molecule has 0 fully saturated rings. The van der Waals surface area contributed by atoms with E-state index in [1.165, 1.54) is 0 Å². The Labute approximate surface area is 115 Å². The first-order valence-electron chi connectivity index (χ1n) is 6.80. The van der Waals surface area contributed by atoms with E-state index in [-0.39, 0.29) is 5.82 Å². The highest BCUT2D eigenvalue weighted by atomic mass is 19.1. The highest BCUT2D eigenvalue weighted by molar-refractivity contribution is 5.79. The molecule has 4 heteroatoms. The zero-order valence-corrected chi connectivity index (χ0v) is 12.3. The second kappa shape index (κ2) is 7.77. The second-order valence-electron chi connectivity index (χ2n) is 5.05. The van der Waals surface area contributed by atoms with Gasteiger partial charge in [-0.1, -0.05) is 26.0 Å². The Kier molecular flexibility index (Phi) is 6.33. The number of benzene rings is 1. The lowest BCUT2D eigenvalue weighted by atomic mass is 10.1. The first-order chi connectivity index (χ1) is 9.02. The lowest BCUT2D eigenvalue weighted by Gasteiger charge is -2.13. The van der Waals surface area contributed by atoms with E-state index in [0.29, 0.717) is 18.0 Å². The molecule has 19 heavy (non-hydrogen) atoms. The van der Waals surface area contributed by atoms with E-state index in [2.05, 4.69) is 29.5 Å². The molecule has 1 rings (SSSR count). The van der Waals surface area contributed by atoms with Gasteiger partial charge in [0.25, 0.3) is 0 Å². The van der Waals surface area contributed by atoms with Gasteiger partial charge in [0.05, 0.1) is 6.54 Å². The van der Waals surface area contributed by atoms with Crippen LogP contribution >= 0.6 is 0 Å². The van der Waals surface area contributed by atoms with E-state index >= 15 is 0 Å². The van der Waals surface area contributed by atoms with Gasteiger partial charge in [0.2, 0.25) is 0 Å². The van der Waals surface area contributed by atoms with Crippen molar-refractivity contribution >= 4 is 5.96 Å². The summed E-state index contributed by atoms with van der Waals surface area (Å²) in [6.07, 6.45) is 0. The van der Waals surface area contributed by atoms with Gasteiger partial charge in [0, 0.05) is 13.1 Å². The predicted molar refractivity (Wildman–Crippen MR) is 78.8 cm³/mol. The zero-order valence-electron chi connectivity index (χ0n) is 12.3. The van der Waals surface area contributed by atoms with E-state index in [0.717, 1.165) is 24.6 Å². The molecule has 0 saturated carbocycles. The first-order valence-corrected chi connectivity index (χ1v) is 6.80. The van der Waals surface area contributed by atoms with E-state index in [4.69, 9.17) is 0 Å². The lowest BCUT2D eigenvalue weighted by Crippen LogP contribution is -2.39. The molecule has 0 aromatic heterocycles. The van der Waals surface area contributed by atoms with Crippen LogP contribution < -0.4 is 10.6 Å². The quantitative estimate of drug-likeness (QED) is 0.634. The molecule has 2 N–H and O–H groups in total. The standard InChI is InChI=1S/C15H24FN3/c1-5-17-15(18-9-11(2)3)19-10-13-7-6-12(4)14(16)8-13/h6-8,11H,5,9-10H2,1-4H3,(H2,17,18,19). The number of hydrogen-bond acceptors (Lipinski definition) is 1. The van der Waals surface area contributed by atoms with Crippen LogP contribution in [0.15, 0.2) is 23.2 Å². The Morgan fingerprint density at radius 3 is 2.63 bits per heavy atom. The van der Waals surface area contributed by atoms with Gasteiger partial charge < -0.3 is 10.6 Å². The molecular weight excluding hydrogens is 241 g/mol. The van der Waals surface area contributed by atoms with Crippen LogP contribution in [-0.2, 0) is 6.54 Å². The van der Waals surface area contributed by atoms with Crippen molar-refractivity contribution in [2.24, 2.45) is 10.9 Å². The maximum absolute atomic E-state index is 13.4. The third kappa shape index (κ3) is 5.73. The SMILES string of the molecule is CCNC(=NCc1ccc(C)c(F)c1)NCC(C)C. The molecule has 3 nitrogen and oxygen atoms in total. The summed E-state index contributed by atoms with van der Waals surface area (Å²) in [6.45, 7) is 10.2. The average Bonchev–Trinajstić information content (AvgIpc) is 2.36. The van der Waals surface area contributed by atoms with Crippen molar-refractivity contribution in [1.29, 1.82) is 0 Å². The molecule has 0 spiro atoms. The molecule has 0 aliphatic rings. The van der Waals surface area contributed by atoms with Gasteiger partial charge in [-0.15, -0.1) is 0 Å². The minimum atomic E-state index is -0.173. The van der Waals surface area contributed by atoms with E-state index in [1.54, 1.807) is 19.1 Å². The van der Waals surface area contributed by atoms with Gasteiger partial charge in [-0.05, 0) is 37.0 Å². The van der Waals surface area contributed by atoms with Gasteiger partial charge in [-0.2, -0.15) is 0 Å². The number of halogens is 1. The molecule has 0 saturated heterocycles. The van der Waals surface area contributed by atoms with Gasteiger partial charge in [0.1, 0.15) is 5.82 Å². The molecule has 0 amide bonds. The number of rotatable bonds is 5. The molecule has 0 aliphatic heterocycles. The van der Waals surface area contributed by atoms with Crippen molar-refractivity contribution in [1.82, 2.24) is 10.6 Å². The van der Waals surface area contributed by atoms with Gasteiger partial charge in [-0.25, -0.2) is 9.38 Å². The van der Waals surface area contributed by atoms with Crippen LogP contribution in [0.5, 0.6) is 0 Å². The maximum Gasteiger partial charge on any atom is 0.191 e. The first kappa shape index (κ1) is 15.5. The zero-order chi connectivity index (χ0) is 14.3.